The third kappa shape index (κ3) is 1.76. The smallest absolute Gasteiger partial charge is 0.141 e. The quantitative estimate of drug-likeness (QED) is 0.800. The molecule has 2 bridgehead atoms. The van der Waals surface area contributed by atoms with E-state index in [9.17, 15) is 8.78 Å². The molecule has 0 radical (unpaired) electrons. The van der Waals surface area contributed by atoms with Crippen LogP contribution in [0.2, 0.25) is 0 Å². The third-order valence-corrected chi connectivity index (χ3v) is 4.07. The van der Waals surface area contributed by atoms with Crippen LogP contribution in [0.3, 0.4) is 0 Å². The second-order valence-corrected chi connectivity index (χ2v) is 5.28. The van der Waals surface area contributed by atoms with E-state index in [0.29, 0.717) is 5.56 Å². The number of rotatable bonds is 1. The van der Waals surface area contributed by atoms with E-state index < -0.39 is 11.6 Å². The first kappa shape index (κ1) is 12.4. The fourth-order valence-electron chi connectivity index (χ4n) is 3.20. The van der Waals surface area contributed by atoms with Crippen LogP contribution in [-0.4, -0.2) is 4.98 Å². The molecule has 2 aromatic rings. The van der Waals surface area contributed by atoms with Gasteiger partial charge >= 0.3 is 0 Å². The van der Waals surface area contributed by atoms with Gasteiger partial charge in [-0.2, -0.15) is 5.26 Å². The van der Waals surface area contributed by atoms with Crippen LogP contribution in [0.1, 0.15) is 42.0 Å². The number of benzene rings is 1. The third-order valence-electron chi connectivity index (χ3n) is 4.07. The predicted octanol–water partition coefficient (Wildman–Crippen LogP) is 3.80. The zero-order chi connectivity index (χ0) is 14.6. The molecule has 0 N–H and O–H groups in total. The predicted molar refractivity (Wildman–Crippen MR) is 70.1 cm³/mol. The van der Waals surface area contributed by atoms with Gasteiger partial charge in [-0.15, -0.1) is 0 Å². The maximum atomic E-state index is 14.1. The van der Waals surface area contributed by atoms with Crippen LogP contribution in [0.15, 0.2) is 24.3 Å². The first-order chi connectivity index (χ1) is 10.2. The first-order valence-electron chi connectivity index (χ1n) is 6.73. The summed E-state index contributed by atoms with van der Waals surface area (Å²) in [6.45, 7) is 0. The summed E-state index contributed by atoms with van der Waals surface area (Å²) in [7, 11) is 0. The molecule has 2 atom stereocenters. The van der Waals surface area contributed by atoms with Crippen molar-refractivity contribution in [2.75, 3.05) is 0 Å². The molecule has 2 aliphatic rings. The van der Waals surface area contributed by atoms with Crippen molar-refractivity contribution in [1.29, 1.82) is 5.26 Å². The van der Waals surface area contributed by atoms with Gasteiger partial charge in [0, 0.05) is 17.2 Å². The van der Waals surface area contributed by atoms with Gasteiger partial charge in [-0.05, 0) is 36.6 Å². The summed E-state index contributed by atoms with van der Waals surface area (Å²) < 4.78 is 33.0. The van der Waals surface area contributed by atoms with E-state index in [1.165, 1.54) is 12.1 Å². The average Bonchev–Trinajstić information content (AvgIpc) is 3.08. The molecule has 1 fully saturated rings. The Morgan fingerprint density at radius 3 is 2.71 bits per heavy atom. The lowest BCUT2D eigenvalue weighted by molar-refractivity contribution is 0.0705. The van der Waals surface area contributed by atoms with Crippen molar-refractivity contribution in [1.82, 2.24) is 4.98 Å². The Hall–Kier alpha value is -2.32. The highest BCUT2D eigenvalue weighted by atomic mass is 19.1. The van der Waals surface area contributed by atoms with Crippen molar-refractivity contribution in [2.45, 2.75) is 25.0 Å². The minimum atomic E-state index is -0.643. The number of pyridine rings is 1. The second kappa shape index (κ2) is 4.34. The Kier molecular flexibility index (Phi) is 2.57. The van der Waals surface area contributed by atoms with Crippen LogP contribution in [0.5, 0.6) is 0 Å². The van der Waals surface area contributed by atoms with Crippen molar-refractivity contribution < 1.29 is 13.5 Å². The lowest BCUT2D eigenvalue weighted by Gasteiger charge is -2.16. The molecule has 2 aliphatic heterocycles. The molecule has 21 heavy (non-hydrogen) atoms. The maximum Gasteiger partial charge on any atom is 0.141 e. The zero-order valence-electron chi connectivity index (χ0n) is 10.9. The Labute approximate surface area is 119 Å². The van der Waals surface area contributed by atoms with Crippen molar-refractivity contribution in [3.8, 4) is 17.2 Å². The highest BCUT2D eigenvalue weighted by molar-refractivity contribution is 5.71. The molecule has 1 aromatic carbocycles. The molecule has 0 amide bonds. The van der Waals surface area contributed by atoms with Crippen LogP contribution >= 0.6 is 0 Å². The molecule has 0 unspecified atom stereocenters. The summed E-state index contributed by atoms with van der Waals surface area (Å²) in [4.78, 5) is 4.31. The van der Waals surface area contributed by atoms with E-state index in [4.69, 9.17) is 10.00 Å². The van der Waals surface area contributed by atoms with Gasteiger partial charge < -0.3 is 4.74 Å². The molecule has 104 valence electrons. The van der Waals surface area contributed by atoms with Gasteiger partial charge in [0.25, 0.3) is 0 Å². The van der Waals surface area contributed by atoms with Gasteiger partial charge in [0.05, 0.1) is 11.8 Å². The number of nitriles is 1. The normalized spacial score (nSPS) is 22.1. The van der Waals surface area contributed by atoms with Crippen LogP contribution in [0, 0.1) is 23.0 Å². The maximum absolute atomic E-state index is 14.1. The topological polar surface area (TPSA) is 45.9 Å². The van der Waals surface area contributed by atoms with E-state index in [-0.39, 0.29) is 23.5 Å². The Balaban J connectivity index is 1.99. The standard InChI is InChI=1S/C16H10F2N2O/c17-8-1-2-10(12(18)5-8)11-6-9(7-19)20-16-14-4-3-13(21-14)15(11)16/h1-2,5-6,13-14H,3-4H2/t13-,14+/m1/s1. The second-order valence-electron chi connectivity index (χ2n) is 5.28. The summed E-state index contributed by atoms with van der Waals surface area (Å²) in [6.07, 6.45) is 1.51. The molecule has 5 heteroatoms. The SMILES string of the molecule is N#Cc1cc(-c2ccc(F)cc2F)c2c(n1)[C@@H]1CC[C@H]2O1. The lowest BCUT2D eigenvalue weighted by atomic mass is 9.88. The minimum Gasteiger partial charge on any atom is -0.364 e. The van der Waals surface area contributed by atoms with Crippen LogP contribution in [0.25, 0.3) is 11.1 Å². The zero-order valence-corrected chi connectivity index (χ0v) is 10.9. The fraction of sp³-hybridized carbons (Fsp3) is 0.250. The van der Waals surface area contributed by atoms with Gasteiger partial charge in [-0.1, -0.05) is 0 Å². The summed E-state index contributed by atoms with van der Waals surface area (Å²) in [5.74, 6) is -1.27. The monoisotopic (exact) mass is 284 g/mol. The summed E-state index contributed by atoms with van der Waals surface area (Å²) in [6, 6.07) is 7.01. The average molecular weight is 284 g/mol. The molecule has 1 aromatic heterocycles. The minimum absolute atomic E-state index is 0.107. The summed E-state index contributed by atoms with van der Waals surface area (Å²) >= 11 is 0. The molecular weight excluding hydrogens is 274 g/mol. The van der Waals surface area contributed by atoms with E-state index >= 15 is 0 Å². The summed E-state index contributed by atoms with van der Waals surface area (Å²) in [5, 5.41) is 9.12. The molecule has 1 saturated heterocycles. The Morgan fingerprint density at radius 2 is 1.95 bits per heavy atom. The molecule has 3 nitrogen and oxygen atoms in total. The van der Waals surface area contributed by atoms with Crippen LogP contribution in [0.4, 0.5) is 8.78 Å². The number of halogens is 2. The van der Waals surface area contributed by atoms with E-state index in [0.717, 1.165) is 30.2 Å². The van der Waals surface area contributed by atoms with Gasteiger partial charge in [-0.25, -0.2) is 13.8 Å². The number of fused-ring (bicyclic) bond motifs is 5. The number of aromatic nitrogens is 1. The molecule has 3 heterocycles. The van der Waals surface area contributed by atoms with E-state index in [2.05, 4.69) is 4.98 Å². The Bertz CT molecular complexity index is 798. The Morgan fingerprint density at radius 1 is 1.14 bits per heavy atom. The van der Waals surface area contributed by atoms with Gasteiger partial charge in [-0.3, -0.25) is 0 Å². The lowest BCUT2D eigenvalue weighted by Crippen LogP contribution is -2.05. The van der Waals surface area contributed by atoms with Crippen LogP contribution in [-0.2, 0) is 4.74 Å². The highest BCUT2D eigenvalue weighted by Crippen LogP contribution is 2.53. The number of nitrogens with zero attached hydrogens (tertiary/aromatic N) is 2. The van der Waals surface area contributed by atoms with Crippen LogP contribution < -0.4 is 0 Å². The van der Waals surface area contributed by atoms with Gasteiger partial charge in [0.15, 0.2) is 0 Å². The molecule has 0 saturated carbocycles. The van der Waals surface area contributed by atoms with Gasteiger partial charge in [0.1, 0.15) is 29.5 Å². The number of ether oxygens (including phenoxy) is 1. The van der Waals surface area contributed by atoms with Crippen molar-refractivity contribution in [3.05, 3.63) is 52.9 Å². The van der Waals surface area contributed by atoms with Crippen molar-refractivity contribution in [3.63, 3.8) is 0 Å². The largest absolute Gasteiger partial charge is 0.364 e. The van der Waals surface area contributed by atoms with Crippen molar-refractivity contribution >= 4 is 0 Å². The molecule has 4 rings (SSSR count). The highest BCUT2D eigenvalue weighted by Gasteiger charge is 2.41. The molecule has 0 aliphatic carbocycles. The first-order valence-corrected chi connectivity index (χ1v) is 6.73. The van der Waals surface area contributed by atoms with E-state index in [1.54, 1.807) is 6.07 Å². The summed E-state index contributed by atoms with van der Waals surface area (Å²) in [5.41, 5.74) is 2.66. The van der Waals surface area contributed by atoms with Gasteiger partial charge in [0.2, 0.25) is 0 Å². The van der Waals surface area contributed by atoms with E-state index in [1.807, 2.05) is 6.07 Å². The van der Waals surface area contributed by atoms with Crippen molar-refractivity contribution in [2.24, 2.45) is 0 Å². The molecular formula is C16H10F2N2O. The fourth-order valence-corrected chi connectivity index (χ4v) is 3.20. The number of hydrogen-bond acceptors (Lipinski definition) is 3. The number of hydrogen-bond donors (Lipinski definition) is 0. The molecule has 0 spiro atoms.